The van der Waals surface area contributed by atoms with Crippen molar-refractivity contribution in [3.05, 3.63) is 0 Å². The summed E-state index contributed by atoms with van der Waals surface area (Å²) in [6.45, 7) is 5.05. The molecule has 0 radical (unpaired) electrons. The zero-order chi connectivity index (χ0) is 8.27. The topological polar surface area (TPSA) is 40.0 Å². The third-order valence-corrected chi connectivity index (χ3v) is 1.62. The second-order valence-electron chi connectivity index (χ2n) is 2.73. The van der Waals surface area contributed by atoms with Gasteiger partial charge in [-0.05, 0) is 13.8 Å². The summed E-state index contributed by atoms with van der Waals surface area (Å²) in [5.74, 6) is 0.710. The molecule has 0 saturated carbocycles. The van der Waals surface area contributed by atoms with Gasteiger partial charge in [-0.2, -0.15) is 0 Å². The van der Waals surface area contributed by atoms with E-state index in [1.165, 1.54) is 0 Å². The zero-order valence-corrected chi connectivity index (χ0v) is 11.3. The normalized spacial score (nSPS) is 19.3. The Balaban J connectivity index is 0. The molecule has 0 amide bonds. The third kappa shape index (κ3) is 3.53. The molecule has 0 spiro atoms. The first kappa shape index (κ1) is 12.6. The summed E-state index contributed by atoms with van der Waals surface area (Å²) in [6, 6.07) is 0.490. The van der Waals surface area contributed by atoms with Crippen molar-refractivity contribution in [3.63, 3.8) is 0 Å². The minimum atomic E-state index is 0. The number of guanidine groups is 1. The summed E-state index contributed by atoms with van der Waals surface area (Å²) in [4.78, 5) is 10.1. The molecule has 1 rings (SSSR count). The van der Waals surface area contributed by atoms with Crippen LogP contribution in [-0.2, 0) is 0 Å². The van der Waals surface area contributed by atoms with Gasteiger partial charge in [0.2, 0.25) is 5.96 Å². The van der Waals surface area contributed by atoms with Crippen molar-refractivity contribution in [2.75, 3.05) is 13.7 Å². The van der Waals surface area contributed by atoms with Crippen LogP contribution in [0.1, 0.15) is 15.3 Å². The summed E-state index contributed by atoms with van der Waals surface area (Å²) in [7, 11) is 1.73. The molecule has 5 heteroatoms. The molecule has 4 nitrogen and oxygen atoms in total. The second kappa shape index (κ2) is 6.09. The third-order valence-electron chi connectivity index (χ3n) is 1.62. The van der Waals surface area contributed by atoms with Crippen LogP contribution in [0.15, 0.2) is 9.98 Å². The minimum Gasteiger partial charge on any atom is -1.00 e. The van der Waals surface area contributed by atoms with Crippen molar-refractivity contribution in [3.8, 4) is 0 Å². The van der Waals surface area contributed by atoms with Gasteiger partial charge >= 0.3 is 51.4 Å². The van der Waals surface area contributed by atoms with Crippen LogP contribution in [0.2, 0.25) is 0 Å². The second-order valence-corrected chi connectivity index (χ2v) is 2.73. The molecule has 0 aliphatic carbocycles. The van der Waals surface area contributed by atoms with Gasteiger partial charge in [0, 0.05) is 13.1 Å². The van der Waals surface area contributed by atoms with Crippen LogP contribution >= 0.6 is 0 Å². The molecule has 0 unspecified atom stereocenters. The van der Waals surface area contributed by atoms with E-state index in [0.29, 0.717) is 12.0 Å². The largest absolute Gasteiger partial charge is 1.00 e. The molecule has 0 atom stereocenters. The Kier molecular flexibility index (Phi) is 6.39. The minimum absolute atomic E-state index is 0. The first-order valence-corrected chi connectivity index (χ1v) is 3.74. The number of hydrogen-bond donors (Lipinski definition) is 1. The average Bonchev–Trinajstić information content (AvgIpc) is 2.05. The monoisotopic (exact) mass is 194 g/mol. The molecular weight excluding hydrogens is 179 g/mol. The number of rotatable bonds is 1. The van der Waals surface area contributed by atoms with Crippen molar-refractivity contribution in [2.24, 2.45) is 9.98 Å². The van der Waals surface area contributed by atoms with E-state index in [-0.39, 0.29) is 52.8 Å². The average molecular weight is 194 g/mol. The first-order valence-electron chi connectivity index (χ1n) is 3.74. The maximum atomic E-state index is 4.09. The van der Waals surface area contributed by atoms with Crippen LogP contribution < -0.4 is 56.7 Å². The number of nitrogens with one attached hydrogen (secondary N) is 1. The maximum absolute atomic E-state index is 4.09. The molecule has 1 heterocycles. The molecule has 1 aliphatic heterocycles. The molecule has 0 aromatic carbocycles. The standard InChI is InChI=1S/C7H14N4.K.H/c1-6(2)11-4-9-7(8-3)10-5-11;;/h4,6H,5H2,1-3H3,(H,8,10);;/q;+1;-1. The number of hydrogen-bond acceptors (Lipinski definition) is 2. The molecule has 12 heavy (non-hydrogen) atoms. The van der Waals surface area contributed by atoms with Gasteiger partial charge in [0.05, 0.1) is 13.0 Å². The Hall–Kier alpha value is 0.576. The molecule has 1 aliphatic rings. The van der Waals surface area contributed by atoms with E-state index in [1.807, 2.05) is 6.34 Å². The van der Waals surface area contributed by atoms with Crippen molar-refractivity contribution < 1.29 is 52.8 Å². The number of nitrogens with zero attached hydrogens (tertiary/aromatic N) is 3. The smallest absolute Gasteiger partial charge is 1.00 e. The van der Waals surface area contributed by atoms with Gasteiger partial charge in [-0.25, -0.2) is 4.99 Å². The summed E-state index contributed by atoms with van der Waals surface area (Å²) >= 11 is 0. The van der Waals surface area contributed by atoms with E-state index in [2.05, 4.69) is 34.0 Å². The molecule has 0 fully saturated rings. The summed E-state index contributed by atoms with van der Waals surface area (Å²) < 4.78 is 0. The Labute approximate surface area is 117 Å². The fourth-order valence-corrected chi connectivity index (χ4v) is 0.830. The molecule has 1 N–H and O–H groups in total. The van der Waals surface area contributed by atoms with Crippen molar-refractivity contribution >= 4 is 12.3 Å². The van der Waals surface area contributed by atoms with E-state index < -0.39 is 0 Å². The Morgan fingerprint density at radius 1 is 1.75 bits per heavy atom. The molecule has 0 aromatic rings. The molecular formula is C7H15KN4. The van der Waals surface area contributed by atoms with Gasteiger partial charge in [-0.3, -0.25) is 4.99 Å². The van der Waals surface area contributed by atoms with Gasteiger partial charge < -0.3 is 11.6 Å². The summed E-state index contributed by atoms with van der Waals surface area (Å²) in [5.41, 5.74) is 0. The zero-order valence-electron chi connectivity index (χ0n) is 9.20. The molecule has 0 saturated heterocycles. The van der Waals surface area contributed by atoms with Crippen LogP contribution in [0, 0.1) is 0 Å². The predicted octanol–water partition coefficient (Wildman–Crippen LogP) is -2.61. The quantitative estimate of drug-likeness (QED) is 0.465. The predicted molar refractivity (Wildman–Crippen MR) is 47.9 cm³/mol. The fraction of sp³-hybridized carbons (Fsp3) is 0.714. The van der Waals surface area contributed by atoms with Crippen molar-refractivity contribution in [2.45, 2.75) is 19.9 Å². The van der Waals surface area contributed by atoms with Gasteiger partial charge in [-0.15, -0.1) is 0 Å². The maximum Gasteiger partial charge on any atom is 1.00 e. The van der Waals surface area contributed by atoms with Crippen molar-refractivity contribution in [1.82, 2.24) is 10.2 Å². The van der Waals surface area contributed by atoms with E-state index in [1.54, 1.807) is 7.05 Å². The molecule has 0 bridgehead atoms. The van der Waals surface area contributed by atoms with E-state index in [0.717, 1.165) is 6.67 Å². The van der Waals surface area contributed by atoms with E-state index in [4.69, 9.17) is 0 Å². The van der Waals surface area contributed by atoms with E-state index in [9.17, 15) is 0 Å². The summed E-state index contributed by atoms with van der Waals surface area (Å²) in [5, 5.41) is 3.08. The first-order chi connectivity index (χ1) is 5.24. The van der Waals surface area contributed by atoms with Crippen molar-refractivity contribution in [1.29, 1.82) is 0 Å². The van der Waals surface area contributed by atoms with Crippen LogP contribution in [0.5, 0.6) is 0 Å². The summed E-state index contributed by atoms with van der Waals surface area (Å²) in [6.07, 6.45) is 1.82. The van der Waals surface area contributed by atoms with Gasteiger partial charge in [0.1, 0.15) is 0 Å². The van der Waals surface area contributed by atoms with Crippen LogP contribution in [-0.4, -0.2) is 37.0 Å². The van der Waals surface area contributed by atoms with E-state index >= 15 is 0 Å². The number of aliphatic imine (C=N–C) groups is 2. The van der Waals surface area contributed by atoms with Gasteiger partial charge in [-0.1, -0.05) is 0 Å². The Bertz CT molecular complexity index is 193. The Morgan fingerprint density at radius 3 is 2.75 bits per heavy atom. The molecule has 0 aromatic heterocycles. The van der Waals surface area contributed by atoms with Gasteiger partial charge in [0.25, 0.3) is 0 Å². The van der Waals surface area contributed by atoms with Crippen LogP contribution in [0.3, 0.4) is 0 Å². The van der Waals surface area contributed by atoms with Crippen LogP contribution in [0.4, 0.5) is 0 Å². The SMILES string of the molecule is CN=C1N=CN(C(C)C)CN1.[H-].[K+]. The van der Waals surface area contributed by atoms with Gasteiger partial charge in [0.15, 0.2) is 0 Å². The fourth-order valence-electron chi connectivity index (χ4n) is 0.830. The molecule has 64 valence electrons. The van der Waals surface area contributed by atoms with Crippen LogP contribution in [0.25, 0.3) is 0 Å². The Morgan fingerprint density at radius 2 is 2.42 bits per heavy atom.